The zero-order valence-electron chi connectivity index (χ0n) is 10.1. The lowest BCUT2D eigenvalue weighted by Gasteiger charge is -2.10. The average molecular weight is 248 g/mol. The van der Waals surface area contributed by atoms with E-state index in [0.717, 1.165) is 18.1 Å². The number of anilines is 1. The second kappa shape index (κ2) is 3.91. The largest absolute Gasteiger partial charge is 0.352 e. The molecule has 90 valence electrons. The fraction of sp³-hybridized carbons (Fsp3) is 0.500. The molecule has 1 saturated carbocycles. The van der Waals surface area contributed by atoms with Gasteiger partial charge in [0.2, 0.25) is 5.95 Å². The van der Waals surface area contributed by atoms with E-state index in [1.54, 1.807) is 0 Å². The molecule has 2 aromatic heterocycles. The minimum absolute atomic E-state index is 0.438. The van der Waals surface area contributed by atoms with Crippen LogP contribution in [-0.2, 0) is 0 Å². The number of aryl methyl sites for hydroxylation is 1. The van der Waals surface area contributed by atoms with Gasteiger partial charge in [-0.05, 0) is 37.7 Å². The first kappa shape index (κ1) is 10.9. The molecule has 2 aromatic rings. The molecule has 0 radical (unpaired) electrons. The summed E-state index contributed by atoms with van der Waals surface area (Å²) in [5.74, 6) is 0.732. The fourth-order valence-corrected chi connectivity index (χ4v) is 2.62. The Hall–Kier alpha value is -1.23. The number of hydrogen-bond acceptors (Lipinski definition) is 4. The van der Waals surface area contributed by atoms with E-state index in [1.807, 2.05) is 28.5 Å². The Morgan fingerprint density at radius 1 is 1.47 bits per heavy atom. The third-order valence-corrected chi connectivity index (χ3v) is 4.71. The van der Waals surface area contributed by atoms with Crippen molar-refractivity contribution in [3.8, 4) is 0 Å². The molecule has 3 rings (SSSR count). The van der Waals surface area contributed by atoms with Crippen LogP contribution in [0.1, 0.15) is 18.4 Å². The van der Waals surface area contributed by atoms with Crippen molar-refractivity contribution < 1.29 is 0 Å². The van der Waals surface area contributed by atoms with Gasteiger partial charge in [0, 0.05) is 17.5 Å². The van der Waals surface area contributed by atoms with Crippen LogP contribution >= 0.6 is 11.8 Å². The quantitative estimate of drug-likeness (QED) is 0.902. The van der Waals surface area contributed by atoms with Crippen LogP contribution in [0.15, 0.2) is 18.3 Å². The van der Waals surface area contributed by atoms with Crippen molar-refractivity contribution >= 4 is 23.4 Å². The third kappa shape index (κ3) is 2.11. The smallest absolute Gasteiger partial charge is 0.243 e. The second-order valence-corrected chi connectivity index (χ2v) is 5.96. The lowest BCUT2D eigenvalue weighted by Crippen LogP contribution is -2.18. The normalized spacial score (nSPS) is 17.3. The van der Waals surface area contributed by atoms with Crippen LogP contribution in [0.2, 0.25) is 0 Å². The summed E-state index contributed by atoms with van der Waals surface area (Å²) in [6, 6.07) is 4.05. The fourth-order valence-electron chi connectivity index (χ4n) is 1.89. The van der Waals surface area contributed by atoms with E-state index in [-0.39, 0.29) is 0 Å². The number of aromatic nitrogens is 3. The number of nitrogens with zero attached hydrogens (tertiary/aromatic N) is 3. The minimum atomic E-state index is 0.438. The lowest BCUT2D eigenvalue weighted by molar-refractivity contribution is 0.906. The highest BCUT2D eigenvalue weighted by Crippen LogP contribution is 2.46. The lowest BCUT2D eigenvalue weighted by atomic mass is 10.3. The molecule has 4 nitrogen and oxygen atoms in total. The zero-order chi connectivity index (χ0) is 11.9. The maximum Gasteiger partial charge on any atom is 0.243 e. The Bertz CT molecular complexity index is 544. The van der Waals surface area contributed by atoms with Crippen molar-refractivity contribution in [1.82, 2.24) is 14.6 Å². The highest BCUT2D eigenvalue weighted by atomic mass is 32.2. The molecular weight excluding hydrogens is 232 g/mol. The Balaban J connectivity index is 1.77. The molecule has 0 bridgehead atoms. The van der Waals surface area contributed by atoms with Gasteiger partial charge in [0.05, 0.1) is 0 Å². The average Bonchev–Trinajstić information content (AvgIpc) is 3.00. The van der Waals surface area contributed by atoms with Gasteiger partial charge in [-0.15, -0.1) is 5.10 Å². The molecule has 17 heavy (non-hydrogen) atoms. The van der Waals surface area contributed by atoms with Crippen LogP contribution in [0, 0.1) is 6.92 Å². The third-order valence-electron chi connectivity index (χ3n) is 3.29. The molecule has 1 N–H and O–H groups in total. The molecule has 0 atom stereocenters. The van der Waals surface area contributed by atoms with Crippen molar-refractivity contribution in [3.63, 3.8) is 0 Å². The van der Waals surface area contributed by atoms with Gasteiger partial charge in [0.25, 0.3) is 0 Å². The standard InChI is InChI=1S/C12H16N4S/c1-9-3-4-10-14-11(15-16(10)7-9)13-8-12(17-2)5-6-12/h3-4,7H,5-6,8H2,1-2H3,(H,13,15). The van der Waals surface area contributed by atoms with Gasteiger partial charge in [-0.2, -0.15) is 16.7 Å². The summed E-state index contributed by atoms with van der Waals surface area (Å²) < 4.78 is 2.27. The number of rotatable bonds is 4. The maximum absolute atomic E-state index is 4.45. The summed E-state index contributed by atoms with van der Waals surface area (Å²) in [6.45, 7) is 3.02. The van der Waals surface area contributed by atoms with E-state index in [4.69, 9.17) is 0 Å². The van der Waals surface area contributed by atoms with Crippen molar-refractivity contribution in [2.24, 2.45) is 0 Å². The van der Waals surface area contributed by atoms with Crippen molar-refractivity contribution in [2.75, 3.05) is 18.1 Å². The van der Waals surface area contributed by atoms with Crippen LogP contribution in [0.25, 0.3) is 5.65 Å². The highest BCUT2D eigenvalue weighted by Gasteiger charge is 2.41. The molecule has 0 saturated heterocycles. The second-order valence-electron chi connectivity index (χ2n) is 4.69. The predicted octanol–water partition coefficient (Wildman–Crippen LogP) is 2.35. The molecule has 0 aromatic carbocycles. The number of thioether (sulfide) groups is 1. The van der Waals surface area contributed by atoms with E-state index >= 15 is 0 Å². The van der Waals surface area contributed by atoms with Crippen molar-refractivity contribution in [2.45, 2.75) is 24.5 Å². The molecular formula is C12H16N4S. The van der Waals surface area contributed by atoms with Gasteiger partial charge in [-0.3, -0.25) is 0 Å². The van der Waals surface area contributed by atoms with Crippen LogP contribution in [-0.4, -0.2) is 32.1 Å². The molecule has 0 spiro atoms. The molecule has 1 fully saturated rings. The maximum atomic E-state index is 4.45. The van der Waals surface area contributed by atoms with Gasteiger partial charge in [-0.1, -0.05) is 6.07 Å². The Kier molecular flexibility index (Phi) is 2.50. The van der Waals surface area contributed by atoms with Crippen LogP contribution in [0.5, 0.6) is 0 Å². The van der Waals surface area contributed by atoms with E-state index in [1.165, 1.54) is 18.4 Å². The first-order valence-corrected chi connectivity index (χ1v) is 7.05. The number of fused-ring (bicyclic) bond motifs is 1. The molecule has 5 heteroatoms. The monoisotopic (exact) mass is 248 g/mol. The van der Waals surface area contributed by atoms with Gasteiger partial charge < -0.3 is 5.32 Å². The summed E-state index contributed by atoms with van der Waals surface area (Å²) in [5, 5.41) is 7.77. The first-order chi connectivity index (χ1) is 8.21. The number of hydrogen-bond donors (Lipinski definition) is 1. The molecule has 1 aliphatic carbocycles. The summed E-state index contributed by atoms with van der Waals surface area (Å²) >= 11 is 1.94. The van der Waals surface area contributed by atoms with Gasteiger partial charge in [0.1, 0.15) is 0 Å². The highest BCUT2D eigenvalue weighted by molar-refractivity contribution is 8.00. The predicted molar refractivity (Wildman–Crippen MR) is 71.7 cm³/mol. The topological polar surface area (TPSA) is 42.2 Å². The van der Waals surface area contributed by atoms with Crippen molar-refractivity contribution in [1.29, 1.82) is 0 Å². The number of nitrogens with one attached hydrogen (secondary N) is 1. The summed E-state index contributed by atoms with van der Waals surface area (Å²) in [7, 11) is 0. The number of pyridine rings is 1. The Morgan fingerprint density at radius 3 is 3.00 bits per heavy atom. The molecule has 2 heterocycles. The van der Waals surface area contributed by atoms with Crippen LogP contribution in [0.3, 0.4) is 0 Å². The molecule has 0 amide bonds. The Morgan fingerprint density at radius 2 is 2.29 bits per heavy atom. The summed E-state index contributed by atoms with van der Waals surface area (Å²) in [4.78, 5) is 4.45. The molecule has 0 aliphatic heterocycles. The van der Waals surface area contributed by atoms with E-state index in [0.29, 0.717) is 4.75 Å². The first-order valence-electron chi connectivity index (χ1n) is 5.83. The van der Waals surface area contributed by atoms with Gasteiger partial charge in [-0.25, -0.2) is 4.52 Å². The summed E-state index contributed by atoms with van der Waals surface area (Å²) in [6.07, 6.45) is 6.77. The SMILES string of the molecule is CSC1(CNc2nc3ccc(C)cn3n2)CC1. The van der Waals surface area contributed by atoms with E-state index < -0.39 is 0 Å². The Labute approximate surface area is 105 Å². The van der Waals surface area contributed by atoms with E-state index in [2.05, 4.69) is 34.6 Å². The summed E-state index contributed by atoms with van der Waals surface area (Å²) in [5.41, 5.74) is 2.09. The van der Waals surface area contributed by atoms with Crippen LogP contribution < -0.4 is 5.32 Å². The molecule has 1 aliphatic rings. The molecule has 0 unspecified atom stereocenters. The van der Waals surface area contributed by atoms with E-state index in [9.17, 15) is 0 Å². The zero-order valence-corrected chi connectivity index (χ0v) is 10.9. The van der Waals surface area contributed by atoms with Crippen molar-refractivity contribution in [3.05, 3.63) is 23.9 Å². The van der Waals surface area contributed by atoms with Crippen LogP contribution in [0.4, 0.5) is 5.95 Å². The van der Waals surface area contributed by atoms with Gasteiger partial charge in [0.15, 0.2) is 5.65 Å². The van der Waals surface area contributed by atoms with Gasteiger partial charge >= 0.3 is 0 Å². The minimum Gasteiger partial charge on any atom is -0.352 e.